The molecule has 0 heterocycles. The van der Waals surface area contributed by atoms with E-state index in [0.717, 1.165) is 12.8 Å². The largest absolute Gasteiger partial charge is 0.283 e. The summed E-state index contributed by atoms with van der Waals surface area (Å²) in [6.45, 7) is 0. The van der Waals surface area contributed by atoms with Crippen LogP contribution in [0.1, 0.15) is 30.0 Å². The molecule has 3 heteroatoms. The Hall–Kier alpha value is -1.82. The molecular formula is C12H13N3. The van der Waals surface area contributed by atoms with Crippen LogP contribution in [-0.2, 0) is 6.42 Å². The van der Waals surface area contributed by atoms with Crippen LogP contribution in [0.3, 0.4) is 0 Å². The first-order valence-electron chi connectivity index (χ1n) is 5.16. The molecule has 0 saturated carbocycles. The van der Waals surface area contributed by atoms with Gasteiger partial charge in [0.05, 0.1) is 12.4 Å². The molecule has 76 valence electrons. The maximum Gasteiger partial charge on any atom is 0.182 e. The second kappa shape index (κ2) is 4.61. The van der Waals surface area contributed by atoms with E-state index in [4.69, 9.17) is 5.26 Å². The molecule has 3 nitrogen and oxygen atoms in total. The summed E-state index contributed by atoms with van der Waals surface area (Å²) in [7, 11) is 0. The molecule has 1 N–H and O–H groups in total. The van der Waals surface area contributed by atoms with Gasteiger partial charge in [0.2, 0.25) is 0 Å². The number of benzene rings is 1. The number of nitriles is 1. The Bertz CT molecular complexity index is 404. The van der Waals surface area contributed by atoms with Crippen LogP contribution >= 0.6 is 0 Å². The smallest absolute Gasteiger partial charge is 0.182 e. The van der Waals surface area contributed by atoms with Gasteiger partial charge in [0, 0.05) is 0 Å². The van der Waals surface area contributed by atoms with Gasteiger partial charge < -0.3 is 0 Å². The van der Waals surface area contributed by atoms with E-state index in [1.54, 1.807) is 0 Å². The van der Waals surface area contributed by atoms with E-state index in [-0.39, 0.29) is 6.04 Å². The summed E-state index contributed by atoms with van der Waals surface area (Å²) in [4.78, 5) is 4.36. The molecule has 0 aromatic heterocycles. The van der Waals surface area contributed by atoms with E-state index in [9.17, 15) is 0 Å². The van der Waals surface area contributed by atoms with Crippen molar-refractivity contribution in [2.24, 2.45) is 4.99 Å². The molecule has 1 unspecified atom stereocenters. The van der Waals surface area contributed by atoms with E-state index in [2.05, 4.69) is 28.5 Å². The van der Waals surface area contributed by atoms with Crippen molar-refractivity contribution in [1.82, 2.24) is 5.32 Å². The first-order chi connectivity index (χ1) is 7.42. The summed E-state index contributed by atoms with van der Waals surface area (Å²) in [5.41, 5.74) is 2.70. The number of aryl methyl sites for hydroxylation is 1. The summed E-state index contributed by atoms with van der Waals surface area (Å²) in [5.74, 6) is 0. The van der Waals surface area contributed by atoms with Crippen molar-refractivity contribution < 1.29 is 0 Å². The molecule has 0 radical (unpaired) electrons. The van der Waals surface area contributed by atoms with Gasteiger partial charge in [0.1, 0.15) is 0 Å². The Morgan fingerprint density at radius 1 is 1.47 bits per heavy atom. The van der Waals surface area contributed by atoms with E-state index >= 15 is 0 Å². The first-order valence-corrected chi connectivity index (χ1v) is 5.16. The zero-order valence-corrected chi connectivity index (χ0v) is 8.48. The monoisotopic (exact) mass is 199 g/mol. The van der Waals surface area contributed by atoms with Crippen LogP contribution in [0.15, 0.2) is 29.3 Å². The van der Waals surface area contributed by atoms with Gasteiger partial charge in [-0.25, -0.2) is 0 Å². The van der Waals surface area contributed by atoms with Gasteiger partial charge in [0.15, 0.2) is 6.19 Å². The van der Waals surface area contributed by atoms with Gasteiger partial charge in [-0.1, -0.05) is 24.3 Å². The maximum absolute atomic E-state index is 8.34. The fourth-order valence-electron chi connectivity index (χ4n) is 2.04. The Morgan fingerprint density at radius 2 is 2.33 bits per heavy atom. The molecule has 0 saturated heterocycles. The molecule has 1 aromatic carbocycles. The van der Waals surface area contributed by atoms with Crippen molar-refractivity contribution in [1.29, 1.82) is 5.26 Å². The number of nitrogens with one attached hydrogen (secondary N) is 1. The van der Waals surface area contributed by atoms with E-state index in [0.29, 0.717) is 0 Å². The predicted octanol–water partition coefficient (Wildman–Crippen LogP) is 2.16. The second-order valence-corrected chi connectivity index (χ2v) is 3.64. The zero-order chi connectivity index (χ0) is 10.5. The lowest BCUT2D eigenvalue weighted by atomic mass is 9.88. The molecule has 1 aliphatic carbocycles. The molecule has 0 aliphatic heterocycles. The average Bonchev–Trinajstić information content (AvgIpc) is 2.30. The highest BCUT2D eigenvalue weighted by Crippen LogP contribution is 2.31. The van der Waals surface area contributed by atoms with Gasteiger partial charge in [-0.05, 0) is 30.4 Å². The third-order valence-corrected chi connectivity index (χ3v) is 2.72. The molecule has 0 bridgehead atoms. The summed E-state index contributed by atoms with van der Waals surface area (Å²) in [5, 5.41) is 10.8. The maximum atomic E-state index is 8.34. The Morgan fingerprint density at radius 3 is 3.20 bits per heavy atom. The van der Waals surface area contributed by atoms with Crippen LogP contribution in [0.25, 0.3) is 0 Å². The van der Waals surface area contributed by atoms with Crippen LogP contribution < -0.4 is 5.32 Å². The van der Waals surface area contributed by atoms with E-state index in [1.807, 2.05) is 12.3 Å². The average molecular weight is 199 g/mol. The highest BCUT2D eigenvalue weighted by molar-refractivity contribution is 5.57. The van der Waals surface area contributed by atoms with Crippen LogP contribution in [-0.4, -0.2) is 6.34 Å². The van der Waals surface area contributed by atoms with Crippen molar-refractivity contribution in [2.45, 2.75) is 25.3 Å². The Labute approximate surface area is 89.5 Å². The molecule has 1 aliphatic rings. The predicted molar refractivity (Wildman–Crippen MR) is 59.4 cm³/mol. The molecule has 0 fully saturated rings. The van der Waals surface area contributed by atoms with Gasteiger partial charge in [-0.15, -0.1) is 0 Å². The minimum absolute atomic E-state index is 0.218. The van der Waals surface area contributed by atoms with Crippen LogP contribution in [0, 0.1) is 11.5 Å². The molecule has 0 amide bonds. The topological polar surface area (TPSA) is 48.2 Å². The summed E-state index contributed by atoms with van der Waals surface area (Å²) in [6, 6.07) is 8.62. The second-order valence-electron chi connectivity index (χ2n) is 3.64. The quantitative estimate of drug-likeness (QED) is 0.343. The van der Waals surface area contributed by atoms with Gasteiger partial charge in [0.25, 0.3) is 0 Å². The standard InChI is InChI=1S/C12H13N3/c13-8-14-9-15-12-7-3-5-10-4-1-2-6-11(10)12/h1-2,4,6,9,12H,3,5,7H2,(H,14,15). The lowest BCUT2D eigenvalue weighted by Crippen LogP contribution is -2.10. The summed E-state index contributed by atoms with van der Waals surface area (Å²) in [6.07, 6.45) is 6.71. The Balaban J connectivity index is 2.19. The van der Waals surface area contributed by atoms with Crippen molar-refractivity contribution in [3.8, 4) is 6.19 Å². The molecular weight excluding hydrogens is 186 g/mol. The van der Waals surface area contributed by atoms with Crippen molar-refractivity contribution in [2.75, 3.05) is 0 Å². The van der Waals surface area contributed by atoms with Crippen molar-refractivity contribution in [3.63, 3.8) is 0 Å². The third kappa shape index (κ3) is 2.16. The lowest BCUT2D eigenvalue weighted by Gasteiger charge is -2.21. The van der Waals surface area contributed by atoms with Crippen LogP contribution in [0.5, 0.6) is 0 Å². The highest BCUT2D eigenvalue weighted by Gasteiger charge is 2.17. The van der Waals surface area contributed by atoms with Crippen LogP contribution in [0.2, 0.25) is 0 Å². The summed E-state index contributed by atoms with van der Waals surface area (Å²) >= 11 is 0. The molecule has 1 atom stereocenters. The van der Waals surface area contributed by atoms with E-state index in [1.165, 1.54) is 23.9 Å². The minimum atomic E-state index is 0.218. The van der Waals surface area contributed by atoms with Gasteiger partial charge >= 0.3 is 0 Å². The van der Waals surface area contributed by atoms with Crippen molar-refractivity contribution >= 4 is 6.34 Å². The minimum Gasteiger partial charge on any atom is -0.283 e. The number of aliphatic imine (C=N–C) groups is 1. The van der Waals surface area contributed by atoms with Gasteiger partial charge in [-0.3, -0.25) is 10.3 Å². The fourth-order valence-corrected chi connectivity index (χ4v) is 2.04. The van der Waals surface area contributed by atoms with Crippen LogP contribution in [0.4, 0.5) is 0 Å². The number of nitrogens with zero attached hydrogens (tertiary/aromatic N) is 2. The normalized spacial score (nSPS) is 19.5. The number of rotatable bonds is 2. The van der Waals surface area contributed by atoms with Crippen molar-refractivity contribution in [3.05, 3.63) is 35.4 Å². The lowest BCUT2D eigenvalue weighted by molar-refractivity contribution is 0.573. The number of fused-ring (bicyclic) bond motifs is 1. The highest BCUT2D eigenvalue weighted by atomic mass is 14.9. The first kappa shape index (κ1) is 9.72. The molecule has 1 aromatic rings. The third-order valence-electron chi connectivity index (χ3n) is 2.72. The molecule has 15 heavy (non-hydrogen) atoms. The van der Waals surface area contributed by atoms with Gasteiger partial charge in [-0.2, -0.15) is 5.26 Å². The number of hydrogen-bond acceptors (Lipinski definition) is 2. The van der Waals surface area contributed by atoms with E-state index < -0.39 is 0 Å². The molecule has 2 rings (SSSR count). The SMILES string of the molecule is N#CNC=NC1CCCc2ccccc21. The fraction of sp³-hybridized carbons (Fsp3) is 0.333. The summed E-state index contributed by atoms with van der Waals surface area (Å²) < 4.78 is 0. The number of hydrogen-bond donors (Lipinski definition) is 1. The zero-order valence-electron chi connectivity index (χ0n) is 8.48. The Kier molecular flexibility index (Phi) is 2.99. The molecule has 0 spiro atoms.